The van der Waals surface area contributed by atoms with Crippen LogP contribution in [0.25, 0.3) is 0 Å². The number of aromatic nitrogens is 2. The van der Waals surface area contributed by atoms with Crippen LogP contribution in [-0.2, 0) is 17.6 Å². The third kappa shape index (κ3) is 5.66. The molecule has 0 N–H and O–H groups in total. The topological polar surface area (TPSA) is 77.7 Å². The highest BCUT2D eigenvalue weighted by molar-refractivity contribution is 5.76. The molecule has 2 aromatic carbocycles. The van der Waals surface area contributed by atoms with E-state index in [2.05, 4.69) is 10.1 Å². The van der Waals surface area contributed by atoms with Crippen molar-refractivity contribution in [3.63, 3.8) is 0 Å². The average molecular weight is 436 g/mol. The van der Waals surface area contributed by atoms with Crippen molar-refractivity contribution in [2.45, 2.75) is 38.5 Å². The molecule has 1 amide bonds. The fourth-order valence-electron chi connectivity index (χ4n) is 3.89. The number of carbonyl (C=O) groups is 1. The number of hydrogen-bond donors (Lipinski definition) is 0. The fourth-order valence-corrected chi connectivity index (χ4v) is 3.89. The fraction of sp³-hybridized carbons (Fsp3) is 0.400. The summed E-state index contributed by atoms with van der Waals surface area (Å²) in [5.41, 5.74) is 2.29. The Kier molecular flexibility index (Phi) is 7.04. The molecule has 2 heterocycles. The van der Waals surface area contributed by atoms with Crippen molar-refractivity contribution in [3.8, 4) is 11.5 Å². The third-order valence-electron chi connectivity index (χ3n) is 5.74. The Morgan fingerprint density at radius 2 is 2.00 bits per heavy atom. The lowest BCUT2D eigenvalue weighted by molar-refractivity contribution is -0.130. The number of nitrogens with zero attached hydrogens (tertiary/aromatic N) is 3. The van der Waals surface area contributed by atoms with E-state index in [1.165, 1.54) is 0 Å². The highest BCUT2D eigenvalue weighted by atomic mass is 16.5. The van der Waals surface area contributed by atoms with E-state index >= 15 is 0 Å². The minimum atomic E-state index is 0.0962. The molecule has 4 rings (SSSR count). The molecule has 1 atom stereocenters. The minimum Gasteiger partial charge on any atom is -0.497 e. The molecule has 1 unspecified atom stereocenters. The van der Waals surface area contributed by atoms with Crippen LogP contribution < -0.4 is 9.47 Å². The first kappa shape index (κ1) is 21.9. The van der Waals surface area contributed by atoms with Gasteiger partial charge in [0.05, 0.1) is 19.6 Å². The Balaban J connectivity index is 1.22. The van der Waals surface area contributed by atoms with E-state index in [4.69, 9.17) is 14.0 Å². The zero-order valence-corrected chi connectivity index (χ0v) is 18.6. The number of ether oxygens (including phenoxy) is 2. The maximum Gasteiger partial charge on any atom is 0.231 e. The number of amides is 1. The van der Waals surface area contributed by atoms with Crippen molar-refractivity contribution >= 4 is 5.91 Å². The summed E-state index contributed by atoms with van der Waals surface area (Å²) < 4.78 is 16.4. The molecule has 0 spiro atoms. The Labute approximate surface area is 188 Å². The summed E-state index contributed by atoms with van der Waals surface area (Å²) in [5, 5.41) is 4.09. The molecule has 1 saturated heterocycles. The minimum absolute atomic E-state index is 0.0962. The first-order valence-corrected chi connectivity index (χ1v) is 11.0. The SMILES string of the molecule is COc1ccc(CCC(=O)N2CCC(c3nc(CCOc4cccc(C)c4)no3)C2)cc1. The van der Waals surface area contributed by atoms with Gasteiger partial charge in [-0.2, -0.15) is 4.98 Å². The van der Waals surface area contributed by atoms with Crippen molar-refractivity contribution in [3.05, 3.63) is 71.4 Å². The van der Waals surface area contributed by atoms with E-state index < -0.39 is 0 Å². The van der Waals surface area contributed by atoms with Gasteiger partial charge in [0.1, 0.15) is 11.5 Å². The smallest absolute Gasteiger partial charge is 0.231 e. The summed E-state index contributed by atoms with van der Waals surface area (Å²) in [5.74, 6) is 3.17. The Morgan fingerprint density at radius 3 is 2.78 bits per heavy atom. The van der Waals surface area contributed by atoms with Crippen LogP contribution in [0.3, 0.4) is 0 Å². The largest absolute Gasteiger partial charge is 0.497 e. The lowest BCUT2D eigenvalue weighted by atomic mass is 10.1. The standard InChI is InChI=1S/C25H29N3O4/c1-18-4-3-5-22(16-18)31-15-13-23-26-25(32-27-23)20-12-14-28(17-20)24(29)11-8-19-6-9-21(30-2)10-7-19/h3-7,9-10,16,20H,8,11-15,17H2,1-2H3. The van der Waals surface area contributed by atoms with Gasteiger partial charge in [-0.3, -0.25) is 4.79 Å². The van der Waals surface area contributed by atoms with E-state index in [1.807, 2.05) is 60.4 Å². The summed E-state index contributed by atoms with van der Waals surface area (Å²) in [7, 11) is 1.65. The van der Waals surface area contributed by atoms with Gasteiger partial charge < -0.3 is 18.9 Å². The lowest BCUT2D eigenvalue weighted by Crippen LogP contribution is -2.28. The van der Waals surface area contributed by atoms with Gasteiger partial charge in [0.15, 0.2) is 5.82 Å². The third-order valence-corrected chi connectivity index (χ3v) is 5.74. The number of methoxy groups -OCH3 is 1. The molecule has 3 aromatic rings. The normalized spacial score (nSPS) is 15.7. The summed E-state index contributed by atoms with van der Waals surface area (Å²) in [6, 6.07) is 15.8. The summed E-state index contributed by atoms with van der Waals surface area (Å²) in [4.78, 5) is 19.1. The summed E-state index contributed by atoms with van der Waals surface area (Å²) in [6.07, 6.45) is 2.63. The quantitative estimate of drug-likeness (QED) is 0.506. The predicted octanol–water partition coefficient (Wildman–Crippen LogP) is 3.96. The maximum absolute atomic E-state index is 12.6. The first-order valence-electron chi connectivity index (χ1n) is 11.0. The van der Waals surface area contributed by atoms with E-state index in [9.17, 15) is 4.79 Å². The number of aryl methyl sites for hydroxylation is 2. The van der Waals surface area contributed by atoms with Crippen LogP contribution in [0, 0.1) is 6.92 Å². The molecule has 7 nitrogen and oxygen atoms in total. The highest BCUT2D eigenvalue weighted by Gasteiger charge is 2.30. The molecular formula is C25H29N3O4. The second-order valence-electron chi connectivity index (χ2n) is 8.14. The van der Waals surface area contributed by atoms with Crippen molar-refractivity contribution in [2.24, 2.45) is 0 Å². The second-order valence-corrected chi connectivity index (χ2v) is 8.14. The summed E-state index contributed by atoms with van der Waals surface area (Å²) in [6.45, 7) is 3.87. The van der Waals surface area contributed by atoms with Crippen LogP contribution in [0.1, 0.15) is 41.6 Å². The monoisotopic (exact) mass is 435 g/mol. The Bertz CT molecular complexity index is 1030. The molecule has 1 aliphatic heterocycles. The van der Waals surface area contributed by atoms with E-state index in [0.717, 1.165) is 42.0 Å². The molecule has 168 valence electrons. The number of likely N-dealkylation sites (tertiary alicyclic amines) is 1. The van der Waals surface area contributed by atoms with E-state index in [-0.39, 0.29) is 11.8 Å². The molecule has 1 aliphatic rings. The van der Waals surface area contributed by atoms with Gasteiger partial charge in [0.2, 0.25) is 11.8 Å². The molecule has 1 fully saturated rings. The maximum atomic E-state index is 12.6. The molecule has 0 saturated carbocycles. The molecule has 0 aliphatic carbocycles. The van der Waals surface area contributed by atoms with Gasteiger partial charge in [0, 0.05) is 25.9 Å². The average Bonchev–Trinajstić information content (AvgIpc) is 3.48. The zero-order valence-electron chi connectivity index (χ0n) is 18.6. The number of carbonyl (C=O) groups excluding carboxylic acids is 1. The Morgan fingerprint density at radius 1 is 1.16 bits per heavy atom. The number of hydrogen-bond acceptors (Lipinski definition) is 6. The van der Waals surface area contributed by atoms with Crippen molar-refractivity contribution < 1.29 is 18.8 Å². The molecule has 1 aromatic heterocycles. The zero-order chi connectivity index (χ0) is 22.3. The molecular weight excluding hydrogens is 406 g/mol. The van der Waals surface area contributed by atoms with Gasteiger partial charge in [0.25, 0.3) is 0 Å². The van der Waals surface area contributed by atoms with Crippen molar-refractivity contribution in [1.29, 1.82) is 0 Å². The molecule has 0 radical (unpaired) electrons. The number of benzene rings is 2. The number of rotatable bonds is 9. The highest BCUT2D eigenvalue weighted by Crippen LogP contribution is 2.27. The van der Waals surface area contributed by atoms with Crippen LogP contribution in [0.15, 0.2) is 53.1 Å². The van der Waals surface area contributed by atoms with E-state index in [0.29, 0.717) is 37.7 Å². The van der Waals surface area contributed by atoms with Crippen LogP contribution in [-0.4, -0.2) is 47.8 Å². The van der Waals surface area contributed by atoms with Crippen LogP contribution in [0.5, 0.6) is 11.5 Å². The molecule has 0 bridgehead atoms. The van der Waals surface area contributed by atoms with Gasteiger partial charge in [-0.15, -0.1) is 0 Å². The molecule has 7 heteroatoms. The van der Waals surface area contributed by atoms with Crippen molar-refractivity contribution in [2.75, 3.05) is 26.8 Å². The Hall–Kier alpha value is -3.35. The summed E-state index contributed by atoms with van der Waals surface area (Å²) >= 11 is 0. The molecule has 32 heavy (non-hydrogen) atoms. The first-order chi connectivity index (χ1) is 15.6. The predicted molar refractivity (Wildman–Crippen MR) is 120 cm³/mol. The van der Waals surface area contributed by atoms with Gasteiger partial charge in [-0.1, -0.05) is 29.4 Å². The van der Waals surface area contributed by atoms with Crippen LogP contribution >= 0.6 is 0 Å². The van der Waals surface area contributed by atoms with Gasteiger partial charge >= 0.3 is 0 Å². The second kappa shape index (κ2) is 10.3. The lowest BCUT2D eigenvalue weighted by Gasteiger charge is -2.15. The van der Waals surface area contributed by atoms with Gasteiger partial charge in [-0.05, 0) is 55.2 Å². The van der Waals surface area contributed by atoms with Crippen LogP contribution in [0.4, 0.5) is 0 Å². The van der Waals surface area contributed by atoms with Crippen molar-refractivity contribution in [1.82, 2.24) is 15.0 Å². The van der Waals surface area contributed by atoms with Gasteiger partial charge in [-0.25, -0.2) is 0 Å². The van der Waals surface area contributed by atoms with Crippen LogP contribution in [0.2, 0.25) is 0 Å². The van der Waals surface area contributed by atoms with E-state index in [1.54, 1.807) is 7.11 Å².